The zero-order valence-corrected chi connectivity index (χ0v) is 27.8. The van der Waals surface area contributed by atoms with Gasteiger partial charge in [-0.3, -0.25) is 4.98 Å². The van der Waals surface area contributed by atoms with Gasteiger partial charge < -0.3 is 4.74 Å². The SMILES string of the molecule is Cc1cc(-c2ccccc2)cnc1-c1cn2[n+](c1)C13c4c(cccc4-2)Oc2ccc4c5ccccc5n(c4c21)-c1cc(C(C)(C)C)cc[n+]13. The molecule has 3 aliphatic heterocycles. The van der Waals surface area contributed by atoms with E-state index in [1.54, 1.807) is 0 Å². The number of hydrogen-bond acceptors (Lipinski definition) is 2. The van der Waals surface area contributed by atoms with E-state index in [9.17, 15) is 0 Å². The molecule has 1 atom stereocenters. The molecule has 234 valence electrons. The molecule has 0 bridgehead atoms. The predicted molar refractivity (Wildman–Crippen MR) is 191 cm³/mol. The Kier molecular flexibility index (Phi) is 4.91. The smallest absolute Gasteiger partial charge is 0.397 e. The molecule has 0 fully saturated rings. The highest BCUT2D eigenvalue weighted by atomic mass is 16.5. The summed E-state index contributed by atoms with van der Waals surface area (Å²) in [5, 5.41) is 2.46. The Labute approximate surface area is 283 Å². The molecule has 0 N–H and O–H groups in total. The summed E-state index contributed by atoms with van der Waals surface area (Å²) in [6, 6.07) is 37.0. The summed E-state index contributed by atoms with van der Waals surface area (Å²) >= 11 is 0. The monoisotopic (exact) mass is 635 g/mol. The average Bonchev–Trinajstić information content (AvgIpc) is 3.78. The van der Waals surface area contributed by atoms with Gasteiger partial charge in [-0.2, -0.15) is 9.13 Å². The van der Waals surface area contributed by atoms with Gasteiger partial charge in [0.25, 0.3) is 5.82 Å². The first-order valence-electron chi connectivity index (χ1n) is 17.0. The fourth-order valence-corrected chi connectivity index (χ4v) is 8.71. The van der Waals surface area contributed by atoms with Crippen LogP contribution in [0.4, 0.5) is 0 Å². The lowest BCUT2D eigenvalue weighted by atomic mass is 9.83. The fraction of sp³-hybridized carbons (Fsp3) is 0.140. The molecule has 7 heterocycles. The van der Waals surface area contributed by atoms with Crippen molar-refractivity contribution < 1.29 is 14.0 Å². The molecule has 4 aromatic carbocycles. The maximum atomic E-state index is 6.84. The number of aryl methyl sites for hydroxylation is 1. The summed E-state index contributed by atoms with van der Waals surface area (Å²) in [5.74, 6) is 2.90. The van der Waals surface area contributed by atoms with E-state index in [1.165, 1.54) is 32.9 Å². The number of benzene rings is 4. The molecule has 49 heavy (non-hydrogen) atoms. The highest BCUT2D eigenvalue weighted by Crippen LogP contribution is 2.55. The number of pyridine rings is 2. The van der Waals surface area contributed by atoms with Crippen molar-refractivity contribution in [3.8, 4) is 45.4 Å². The minimum absolute atomic E-state index is 0.0263. The molecule has 0 aliphatic carbocycles. The lowest BCUT2D eigenvalue weighted by molar-refractivity contribution is -0.993. The minimum atomic E-state index is -0.731. The van der Waals surface area contributed by atoms with E-state index in [0.29, 0.717) is 0 Å². The normalized spacial score (nSPS) is 16.4. The molecule has 3 aliphatic rings. The summed E-state index contributed by atoms with van der Waals surface area (Å²) in [5.41, 5.74) is 11.8. The van der Waals surface area contributed by atoms with Gasteiger partial charge in [-0.05, 0) is 77.6 Å². The van der Waals surface area contributed by atoms with Gasteiger partial charge in [-0.25, -0.2) is 0 Å². The van der Waals surface area contributed by atoms with E-state index in [4.69, 9.17) is 9.72 Å². The van der Waals surface area contributed by atoms with Crippen LogP contribution in [0.1, 0.15) is 43.0 Å². The summed E-state index contributed by atoms with van der Waals surface area (Å²) in [4.78, 5) is 5.08. The van der Waals surface area contributed by atoms with Crippen LogP contribution in [0.15, 0.2) is 128 Å². The topological polar surface area (TPSA) is 39.7 Å². The standard InChI is InChI=1S/C43H33N5O/c1-26-21-28(27-11-6-5-7-12-27)23-44-40(26)29-24-46-34-15-10-16-35-38(34)43(47(46)25-29)39-36(49-35)18-17-32-31-13-8-9-14-33(31)48(41(32)39)37-22-30(42(2,3)4)19-20-45(37)43/h5-25H,1-4H3/q+2. The molecule has 0 saturated heterocycles. The third kappa shape index (κ3) is 3.24. The fourth-order valence-electron chi connectivity index (χ4n) is 8.71. The van der Waals surface area contributed by atoms with Crippen molar-refractivity contribution >= 4 is 21.8 Å². The Morgan fingerprint density at radius 3 is 2.41 bits per heavy atom. The van der Waals surface area contributed by atoms with Gasteiger partial charge in [0.15, 0.2) is 11.1 Å². The van der Waals surface area contributed by atoms with E-state index in [-0.39, 0.29) is 5.41 Å². The van der Waals surface area contributed by atoms with E-state index in [2.05, 4.69) is 162 Å². The molecule has 11 rings (SSSR count). The summed E-state index contributed by atoms with van der Waals surface area (Å²) in [6.45, 7) is 9.03. The average molecular weight is 636 g/mol. The van der Waals surface area contributed by atoms with Gasteiger partial charge in [0.1, 0.15) is 28.3 Å². The van der Waals surface area contributed by atoms with Crippen LogP contribution < -0.4 is 14.0 Å². The number of rotatable bonds is 2. The maximum absolute atomic E-state index is 6.84. The van der Waals surface area contributed by atoms with Crippen molar-refractivity contribution in [2.75, 3.05) is 0 Å². The first-order chi connectivity index (χ1) is 23.8. The van der Waals surface area contributed by atoms with Crippen LogP contribution in [-0.4, -0.2) is 14.2 Å². The van der Waals surface area contributed by atoms with Gasteiger partial charge in [0, 0.05) is 28.6 Å². The van der Waals surface area contributed by atoms with E-state index < -0.39 is 5.66 Å². The Bertz CT molecular complexity index is 2750. The van der Waals surface area contributed by atoms with Crippen LogP contribution in [0.5, 0.6) is 11.5 Å². The zero-order valence-electron chi connectivity index (χ0n) is 27.8. The van der Waals surface area contributed by atoms with Crippen LogP contribution in [0.25, 0.3) is 55.7 Å². The number of aromatic nitrogens is 5. The summed E-state index contributed by atoms with van der Waals surface area (Å²) in [6.07, 6.45) is 8.84. The Balaban J connectivity index is 1.26. The second-order valence-corrected chi connectivity index (χ2v) is 14.7. The molecule has 6 nitrogen and oxygen atoms in total. The lowest BCUT2D eigenvalue weighted by Crippen LogP contribution is -2.76. The van der Waals surface area contributed by atoms with E-state index >= 15 is 0 Å². The van der Waals surface area contributed by atoms with Crippen LogP contribution in [0, 0.1) is 6.92 Å². The first kappa shape index (κ1) is 27.0. The number of nitrogens with zero attached hydrogens (tertiary/aromatic N) is 5. The van der Waals surface area contributed by atoms with Gasteiger partial charge in [0.05, 0.1) is 23.7 Å². The van der Waals surface area contributed by atoms with Gasteiger partial charge in [-0.1, -0.05) is 74.0 Å². The Morgan fingerprint density at radius 1 is 0.755 bits per heavy atom. The molecule has 0 saturated carbocycles. The molecule has 6 heteroatoms. The Morgan fingerprint density at radius 2 is 1.57 bits per heavy atom. The molecular formula is C43H33N5O+2. The van der Waals surface area contributed by atoms with E-state index in [0.717, 1.165) is 56.5 Å². The molecule has 1 unspecified atom stereocenters. The molecule has 8 aromatic rings. The zero-order chi connectivity index (χ0) is 32.8. The van der Waals surface area contributed by atoms with Gasteiger partial charge in [0.2, 0.25) is 6.20 Å². The van der Waals surface area contributed by atoms with Crippen molar-refractivity contribution in [1.29, 1.82) is 0 Å². The number of para-hydroxylation sites is 1. The minimum Gasteiger partial charge on any atom is -0.456 e. The summed E-state index contributed by atoms with van der Waals surface area (Å²) < 4.78 is 16.5. The van der Waals surface area contributed by atoms with Crippen LogP contribution in [0.2, 0.25) is 0 Å². The third-order valence-electron chi connectivity index (χ3n) is 10.9. The molecular weight excluding hydrogens is 603 g/mol. The first-order valence-corrected chi connectivity index (χ1v) is 17.0. The molecule has 4 aromatic heterocycles. The second-order valence-electron chi connectivity index (χ2n) is 14.7. The summed E-state index contributed by atoms with van der Waals surface area (Å²) in [7, 11) is 0. The number of ether oxygens (including phenoxy) is 1. The van der Waals surface area contributed by atoms with Crippen LogP contribution in [0.3, 0.4) is 0 Å². The van der Waals surface area contributed by atoms with Gasteiger partial charge in [-0.15, -0.1) is 4.68 Å². The molecule has 1 spiro atoms. The van der Waals surface area contributed by atoms with Gasteiger partial charge >= 0.3 is 5.66 Å². The van der Waals surface area contributed by atoms with Crippen molar-refractivity contribution in [3.63, 3.8) is 0 Å². The van der Waals surface area contributed by atoms with Crippen molar-refractivity contribution in [1.82, 2.24) is 14.2 Å². The van der Waals surface area contributed by atoms with Crippen molar-refractivity contribution in [3.05, 3.63) is 150 Å². The molecule has 0 amide bonds. The molecule has 0 radical (unpaired) electrons. The second kappa shape index (κ2) is 8.91. The largest absolute Gasteiger partial charge is 0.456 e. The highest BCUT2D eigenvalue weighted by molar-refractivity contribution is 6.11. The third-order valence-corrected chi connectivity index (χ3v) is 10.9. The van der Waals surface area contributed by atoms with Crippen molar-refractivity contribution in [2.24, 2.45) is 0 Å². The lowest BCUT2D eigenvalue weighted by Gasteiger charge is -2.33. The van der Waals surface area contributed by atoms with Crippen molar-refractivity contribution in [2.45, 2.75) is 38.8 Å². The quantitative estimate of drug-likeness (QED) is 0.179. The predicted octanol–water partition coefficient (Wildman–Crippen LogP) is 8.51. The number of hydrogen-bond donors (Lipinski definition) is 0. The number of fused-ring (bicyclic) bond motifs is 7. The highest BCUT2D eigenvalue weighted by Gasteiger charge is 2.68. The Hall–Kier alpha value is -6.01. The van der Waals surface area contributed by atoms with E-state index in [1.807, 2.05) is 12.3 Å². The van der Waals surface area contributed by atoms with Crippen LogP contribution in [-0.2, 0) is 11.1 Å². The maximum Gasteiger partial charge on any atom is 0.397 e. The van der Waals surface area contributed by atoms with Crippen LogP contribution >= 0.6 is 0 Å².